The molecule has 0 radical (unpaired) electrons. The molecule has 7 heteroatoms. The molecule has 5 nitrogen and oxygen atoms in total. The first-order valence-electron chi connectivity index (χ1n) is 3.97. The summed E-state index contributed by atoms with van der Waals surface area (Å²) in [6.45, 7) is 0. The van der Waals surface area contributed by atoms with E-state index in [0.717, 1.165) is 0 Å². The van der Waals surface area contributed by atoms with Gasteiger partial charge in [0.25, 0.3) is 0 Å². The van der Waals surface area contributed by atoms with Crippen molar-refractivity contribution in [2.24, 2.45) is 0 Å². The van der Waals surface area contributed by atoms with Crippen LogP contribution in [0.5, 0.6) is 0 Å². The number of hydrogen-bond acceptors (Lipinski definition) is 5. The van der Waals surface area contributed by atoms with Crippen molar-refractivity contribution in [3.8, 4) is 0 Å². The fraction of sp³-hybridized carbons (Fsp3) is 1.00. The molecule has 0 unspecified atom stereocenters. The summed E-state index contributed by atoms with van der Waals surface area (Å²) < 4.78 is 16.1. The summed E-state index contributed by atoms with van der Waals surface area (Å²) in [5.74, 6) is 0. The minimum atomic E-state index is -2.93. The SMILES string of the molecule is CO[O][Sn]([CH3])([CH3])[O][Sn]([CH3])([CH3])[O]OC. The molecule has 0 heterocycles. The molecule has 0 atom stereocenters. The van der Waals surface area contributed by atoms with Gasteiger partial charge < -0.3 is 0 Å². The number of hydrogen-bond donors (Lipinski definition) is 0. The molecule has 0 bridgehead atoms. The van der Waals surface area contributed by atoms with E-state index in [-0.39, 0.29) is 0 Å². The summed E-state index contributed by atoms with van der Waals surface area (Å²) in [4.78, 5) is 17.1. The van der Waals surface area contributed by atoms with Crippen LogP contribution >= 0.6 is 0 Å². The van der Waals surface area contributed by atoms with Gasteiger partial charge >= 0.3 is 90.0 Å². The molecule has 0 fully saturated rings. The molecular weight excluding hydrogens is 389 g/mol. The van der Waals surface area contributed by atoms with Gasteiger partial charge in [-0.15, -0.1) is 0 Å². The Bertz CT molecular complexity index is 134. The van der Waals surface area contributed by atoms with Crippen molar-refractivity contribution >= 4 is 38.4 Å². The molecule has 0 saturated carbocycles. The molecule has 0 aliphatic carbocycles. The molecular formula is C6H18O5Sn2. The van der Waals surface area contributed by atoms with E-state index in [4.69, 9.17) is 7.86 Å². The van der Waals surface area contributed by atoms with Gasteiger partial charge in [0, 0.05) is 0 Å². The van der Waals surface area contributed by atoms with Gasteiger partial charge in [-0.3, -0.25) is 0 Å². The topological polar surface area (TPSA) is 46.2 Å². The molecule has 80 valence electrons. The summed E-state index contributed by atoms with van der Waals surface area (Å²) >= 11 is -5.86. The Morgan fingerprint density at radius 1 is 0.692 bits per heavy atom. The maximum atomic E-state index is 5.83. The first-order chi connectivity index (χ1) is 5.83. The average Bonchev–Trinajstić information content (AvgIpc) is 1.82. The van der Waals surface area contributed by atoms with Crippen LogP contribution in [0, 0.1) is 0 Å². The second-order valence-corrected chi connectivity index (χ2v) is 24.8. The zero-order valence-corrected chi connectivity index (χ0v) is 14.7. The van der Waals surface area contributed by atoms with Crippen LogP contribution < -0.4 is 0 Å². The van der Waals surface area contributed by atoms with Gasteiger partial charge in [0.2, 0.25) is 0 Å². The Labute approximate surface area is 89.4 Å². The molecule has 0 spiro atoms. The summed E-state index contributed by atoms with van der Waals surface area (Å²) in [7, 11) is 2.98. The molecule has 0 aromatic rings. The van der Waals surface area contributed by atoms with Crippen LogP contribution in [0.2, 0.25) is 19.8 Å². The first kappa shape index (κ1) is 14.4. The fourth-order valence-corrected chi connectivity index (χ4v) is 30.9. The third-order valence-corrected chi connectivity index (χ3v) is 25.9. The molecule has 0 aliphatic heterocycles. The predicted molar refractivity (Wildman–Crippen MR) is 52.2 cm³/mol. The van der Waals surface area contributed by atoms with E-state index in [2.05, 4.69) is 9.78 Å². The third-order valence-electron chi connectivity index (χ3n) is 1.06. The van der Waals surface area contributed by atoms with E-state index >= 15 is 0 Å². The van der Waals surface area contributed by atoms with E-state index in [0.29, 0.717) is 0 Å². The first-order valence-corrected chi connectivity index (χ1v) is 20.0. The maximum absolute atomic E-state index is 5.83. The van der Waals surface area contributed by atoms with Crippen LogP contribution in [0.3, 0.4) is 0 Å². The zero-order valence-electron chi connectivity index (χ0n) is 9.04. The molecule has 0 amide bonds. The monoisotopic (exact) mass is 410 g/mol. The van der Waals surface area contributed by atoms with Crippen molar-refractivity contribution in [1.82, 2.24) is 0 Å². The Morgan fingerprint density at radius 3 is 1.23 bits per heavy atom. The molecule has 0 rings (SSSR count). The van der Waals surface area contributed by atoms with Crippen molar-refractivity contribution < 1.29 is 17.6 Å². The van der Waals surface area contributed by atoms with Crippen LogP contribution in [0.15, 0.2) is 0 Å². The zero-order chi connectivity index (χ0) is 10.5. The van der Waals surface area contributed by atoms with Gasteiger partial charge in [-0.25, -0.2) is 0 Å². The summed E-state index contributed by atoms with van der Waals surface area (Å²) in [6.07, 6.45) is 0. The molecule has 0 aromatic carbocycles. The van der Waals surface area contributed by atoms with Crippen molar-refractivity contribution in [2.75, 3.05) is 14.2 Å². The Balaban J connectivity index is 4.07. The van der Waals surface area contributed by atoms with Gasteiger partial charge in [0.15, 0.2) is 0 Å². The van der Waals surface area contributed by atoms with Crippen LogP contribution in [0.4, 0.5) is 0 Å². The molecule has 0 aromatic heterocycles. The third kappa shape index (κ3) is 7.34. The van der Waals surface area contributed by atoms with Gasteiger partial charge in [0.05, 0.1) is 0 Å². The van der Waals surface area contributed by atoms with E-state index in [1.54, 1.807) is 0 Å². The van der Waals surface area contributed by atoms with Crippen LogP contribution in [0.25, 0.3) is 0 Å². The standard InChI is InChI=1S/2CH4O2.4CH3.O.2Sn/c2*1-3-2;;;;;;;/h2*2H,1H3;4*1H3;;;/q;;;;;;;2*+1/p-2. The van der Waals surface area contributed by atoms with Crippen molar-refractivity contribution in [3.05, 3.63) is 0 Å². The summed E-state index contributed by atoms with van der Waals surface area (Å²) in [6, 6.07) is 0. The Kier molecular flexibility index (Phi) is 6.74. The van der Waals surface area contributed by atoms with Crippen molar-refractivity contribution in [3.63, 3.8) is 0 Å². The quantitative estimate of drug-likeness (QED) is 0.380. The van der Waals surface area contributed by atoms with Crippen molar-refractivity contribution in [1.29, 1.82) is 0 Å². The predicted octanol–water partition coefficient (Wildman–Crippen LogP) is 1.56. The van der Waals surface area contributed by atoms with Gasteiger partial charge in [0.1, 0.15) is 0 Å². The van der Waals surface area contributed by atoms with Gasteiger partial charge in [-0.05, 0) is 0 Å². The summed E-state index contributed by atoms with van der Waals surface area (Å²) in [5.41, 5.74) is 0. The normalized spacial score (nSPS) is 13.4. The minimum absolute atomic E-state index is 1.49. The molecule has 0 aliphatic rings. The number of rotatable bonds is 6. The Hall–Kier alpha value is 1.40. The van der Waals surface area contributed by atoms with Crippen LogP contribution in [-0.4, -0.2) is 52.6 Å². The van der Waals surface area contributed by atoms with E-state index in [1.165, 1.54) is 14.2 Å². The molecule has 13 heavy (non-hydrogen) atoms. The van der Waals surface area contributed by atoms with Crippen LogP contribution in [-0.2, 0) is 17.6 Å². The Morgan fingerprint density at radius 2 is 1.00 bits per heavy atom. The van der Waals surface area contributed by atoms with Crippen molar-refractivity contribution in [2.45, 2.75) is 19.8 Å². The molecule has 0 N–H and O–H groups in total. The van der Waals surface area contributed by atoms with E-state index < -0.39 is 38.4 Å². The molecule has 0 saturated heterocycles. The van der Waals surface area contributed by atoms with Gasteiger partial charge in [-0.2, -0.15) is 0 Å². The van der Waals surface area contributed by atoms with Crippen LogP contribution in [0.1, 0.15) is 0 Å². The second kappa shape index (κ2) is 6.08. The fourth-order valence-electron chi connectivity index (χ4n) is 1.03. The summed E-state index contributed by atoms with van der Waals surface area (Å²) in [5, 5.41) is 0. The average molecular weight is 408 g/mol. The van der Waals surface area contributed by atoms with E-state index in [1.807, 2.05) is 19.8 Å². The van der Waals surface area contributed by atoms with E-state index in [9.17, 15) is 0 Å². The van der Waals surface area contributed by atoms with Gasteiger partial charge in [-0.1, -0.05) is 0 Å². The second-order valence-electron chi connectivity index (χ2n) is 3.40.